The Balaban J connectivity index is 0.000000745. The summed E-state index contributed by atoms with van der Waals surface area (Å²) in [7, 11) is 1.73. The number of fused-ring (bicyclic) bond motifs is 1. The highest BCUT2D eigenvalue weighted by molar-refractivity contribution is 7.97. The van der Waals surface area contributed by atoms with Crippen molar-refractivity contribution in [1.82, 2.24) is 4.31 Å². The van der Waals surface area contributed by atoms with Gasteiger partial charge in [0.15, 0.2) is 0 Å². The molecule has 2 aromatic carbocycles. The molecule has 0 saturated carbocycles. The zero-order chi connectivity index (χ0) is 16.5. The molecule has 0 amide bonds. The smallest absolute Gasteiger partial charge is 0.290 e. The Morgan fingerprint density at radius 1 is 1.27 bits per heavy atom. The van der Waals surface area contributed by atoms with Gasteiger partial charge >= 0.3 is 0 Å². The second kappa shape index (κ2) is 9.33. The molecule has 0 aromatic heterocycles. The van der Waals surface area contributed by atoms with Crippen LogP contribution in [0.3, 0.4) is 0 Å². The van der Waals surface area contributed by atoms with Crippen LogP contribution in [0.5, 0.6) is 5.75 Å². The molecule has 2 aromatic rings. The topological polar surface area (TPSA) is 49.8 Å². The summed E-state index contributed by atoms with van der Waals surface area (Å²) < 4.78 is 7.79. The third-order valence-corrected chi connectivity index (χ3v) is 4.62. The van der Waals surface area contributed by atoms with Crippen molar-refractivity contribution in [2.24, 2.45) is 0 Å². The lowest BCUT2D eigenvalue weighted by Gasteiger charge is -2.18. The van der Waals surface area contributed by atoms with Crippen molar-refractivity contribution in [3.8, 4) is 5.75 Å². The van der Waals surface area contributed by atoms with Crippen LogP contribution in [0.2, 0.25) is 0 Å². The zero-order valence-corrected chi connectivity index (χ0v) is 14.3. The van der Waals surface area contributed by atoms with Crippen LogP contribution in [-0.4, -0.2) is 36.1 Å². The minimum Gasteiger partial charge on any atom is -0.496 e. The van der Waals surface area contributed by atoms with E-state index in [1.165, 1.54) is 21.2 Å². The SMILES string of the molecule is CCN(CC)Sc1cccc2cc(C)c(OC)cc12.O=CO. The minimum atomic E-state index is -0.250. The summed E-state index contributed by atoms with van der Waals surface area (Å²) in [6.45, 7) is 8.29. The highest BCUT2D eigenvalue weighted by Gasteiger charge is 2.09. The Hall–Kier alpha value is -1.72. The highest BCUT2D eigenvalue weighted by Crippen LogP contribution is 2.34. The van der Waals surface area contributed by atoms with E-state index in [0.29, 0.717) is 0 Å². The van der Waals surface area contributed by atoms with Gasteiger partial charge < -0.3 is 9.84 Å². The lowest BCUT2D eigenvalue weighted by atomic mass is 10.1. The molecular formula is C17H23NO3S. The first-order valence-corrected chi connectivity index (χ1v) is 7.96. The number of methoxy groups -OCH3 is 1. The van der Waals surface area contributed by atoms with Gasteiger partial charge in [0.25, 0.3) is 6.47 Å². The maximum atomic E-state index is 8.36. The molecule has 4 nitrogen and oxygen atoms in total. The Labute approximate surface area is 136 Å². The fourth-order valence-corrected chi connectivity index (χ4v) is 3.13. The molecule has 0 unspecified atom stereocenters. The molecule has 0 fully saturated rings. The number of hydrogen-bond donors (Lipinski definition) is 1. The molecule has 0 bridgehead atoms. The number of hydrogen-bond acceptors (Lipinski definition) is 4. The maximum Gasteiger partial charge on any atom is 0.290 e. The Kier molecular flexibility index (Phi) is 7.77. The van der Waals surface area contributed by atoms with Crippen molar-refractivity contribution >= 4 is 29.2 Å². The molecule has 120 valence electrons. The summed E-state index contributed by atoms with van der Waals surface area (Å²) in [5, 5.41) is 9.43. The molecule has 2 rings (SSSR count). The molecule has 22 heavy (non-hydrogen) atoms. The van der Waals surface area contributed by atoms with E-state index in [0.717, 1.165) is 18.8 Å². The van der Waals surface area contributed by atoms with Gasteiger partial charge in [-0.3, -0.25) is 4.79 Å². The summed E-state index contributed by atoms with van der Waals surface area (Å²) in [6, 6.07) is 10.8. The largest absolute Gasteiger partial charge is 0.496 e. The van der Waals surface area contributed by atoms with Gasteiger partial charge in [-0.25, -0.2) is 4.31 Å². The Morgan fingerprint density at radius 2 is 1.91 bits per heavy atom. The standard InChI is InChI=1S/C16H21NOS.CH2O2/c1-5-17(6-2)19-16-9-7-8-13-10-12(3)15(18-4)11-14(13)16;2-1-3/h7-11H,5-6H2,1-4H3;1H,(H,2,3). The van der Waals surface area contributed by atoms with Gasteiger partial charge in [-0.2, -0.15) is 0 Å². The van der Waals surface area contributed by atoms with Gasteiger partial charge in [0.05, 0.1) is 7.11 Å². The molecule has 0 saturated heterocycles. The van der Waals surface area contributed by atoms with E-state index in [1.54, 1.807) is 7.11 Å². The number of rotatable bonds is 5. The lowest BCUT2D eigenvalue weighted by Crippen LogP contribution is -2.13. The van der Waals surface area contributed by atoms with Crippen LogP contribution in [-0.2, 0) is 4.79 Å². The van der Waals surface area contributed by atoms with Crippen molar-refractivity contribution < 1.29 is 14.6 Å². The number of carbonyl (C=O) groups is 1. The van der Waals surface area contributed by atoms with E-state index in [4.69, 9.17) is 14.6 Å². The van der Waals surface area contributed by atoms with Gasteiger partial charge in [0.1, 0.15) is 5.75 Å². The summed E-state index contributed by atoms with van der Waals surface area (Å²) >= 11 is 1.82. The molecule has 1 N–H and O–H groups in total. The van der Waals surface area contributed by atoms with Gasteiger partial charge in [-0.1, -0.05) is 26.0 Å². The van der Waals surface area contributed by atoms with Gasteiger partial charge in [0.2, 0.25) is 0 Å². The molecule has 0 aliphatic rings. The predicted molar refractivity (Wildman–Crippen MR) is 92.7 cm³/mol. The average Bonchev–Trinajstić information content (AvgIpc) is 2.52. The third kappa shape index (κ3) is 4.64. The molecule has 0 aliphatic carbocycles. The molecule has 0 atom stereocenters. The van der Waals surface area contributed by atoms with Crippen LogP contribution in [0.25, 0.3) is 10.8 Å². The average molecular weight is 321 g/mol. The van der Waals surface area contributed by atoms with Crippen molar-refractivity contribution in [3.05, 3.63) is 35.9 Å². The van der Waals surface area contributed by atoms with Crippen LogP contribution in [0.4, 0.5) is 0 Å². The first-order chi connectivity index (χ1) is 10.6. The maximum absolute atomic E-state index is 8.36. The summed E-state index contributed by atoms with van der Waals surface area (Å²) in [6.07, 6.45) is 0. The quantitative estimate of drug-likeness (QED) is 0.660. The summed E-state index contributed by atoms with van der Waals surface area (Å²) in [5.41, 5.74) is 1.18. The zero-order valence-electron chi connectivity index (χ0n) is 13.5. The van der Waals surface area contributed by atoms with Crippen molar-refractivity contribution in [3.63, 3.8) is 0 Å². The van der Waals surface area contributed by atoms with Crippen molar-refractivity contribution in [1.29, 1.82) is 0 Å². The molecule has 0 aliphatic heterocycles. The van der Waals surface area contributed by atoms with E-state index in [-0.39, 0.29) is 6.47 Å². The number of ether oxygens (including phenoxy) is 1. The fraction of sp³-hybridized carbons (Fsp3) is 0.353. The first kappa shape index (κ1) is 18.3. The molecule has 0 radical (unpaired) electrons. The molecular weight excluding hydrogens is 298 g/mol. The van der Waals surface area contributed by atoms with Gasteiger partial charge in [-0.15, -0.1) is 0 Å². The minimum absolute atomic E-state index is 0.250. The highest BCUT2D eigenvalue weighted by atomic mass is 32.2. The lowest BCUT2D eigenvalue weighted by molar-refractivity contribution is -0.122. The van der Waals surface area contributed by atoms with Gasteiger partial charge in [-0.05, 0) is 48.0 Å². The first-order valence-electron chi connectivity index (χ1n) is 7.19. The van der Waals surface area contributed by atoms with E-state index in [2.05, 4.69) is 55.4 Å². The number of carboxylic acid groups (broad SMARTS) is 1. The second-order valence-electron chi connectivity index (χ2n) is 4.61. The monoisotopic (exact) mass is 321 g/mol. The number of nitrogens with zero attached hydrogens (tertiary/aromatic N) is 1. The van der Waals surface area contributed by atoms with Crippen LogP contribution in [0.1, 0.15) is 19.4 Å². The molecule has 5 heteroatoms. The van der Waals surface area contributed by atoms with E-state index >= 15 is 0 Å². The Morgan fingerprint density at radius 3 is 2.45 bits per heavy atom. The summed E-state index contributed by atoms with van der Waals surface area (Å²) in [5.74, 6) is 0.958. The summed E-state index contributed by atoms with van der Waals surface area (Å²) in [4.78, 5) is 9.65. The van der Waals surface area contributed by atoms with Gasteiger partial charge in [0, 0.05) is 23.4 Å². The van der Waals surface area contributed by atoms with Crippen molar-refractivity contribution in [2.75, 3.05) is 20.2 Å². The van der Waals surface area contributed by atoms with E-state index in [9.17, 15) is 0 Å². The van der Waals surface area contributed by atoms with Crippen LogP contribution in [0, 0.1) is 6.92 Å². The predicted octanol–water partition coefficient (Wildman–Crippen LogP) is 4.21. The third-order valence-electron chi connectivity index (χ3n) is 3.29. The van der Waals surface area contributed by atoms with Crippen LogP contribution < -0.4 is 4.74 Å². The van der Waals surface area contributed by atoms with Crippen LogP contribution in [0.15, 0.2) is 35.2 Å². The van der Waals surface area contributed by atoms with Crippen molar-refractivity contribution in [2.45, 2.75) is 25.7 Å². The Bertz CT molecular complexity index is 612. The van der Waals surface area contributed by atoms with E-state index < -0.39 is 0 Å². The normalized spacial score (nSPS) is 10.2. The number of benzene rings is 2. The fourth-order valence-electron chi connectivity index (χ4n) is 2.18. The van der Waals surface area contributed by atoms with E-state index in [1.807, 2.05) is 11.9 Å². The molecule has 0 spiro atoms. The number of aryl methyl sites for hydroxylation is 1. The van der Waals surface area contributed by atoms with Crippen LogP contribution >= 0.6 is 11.9 Å². The molecule has 0 heterocycles. The second-order valence-corrected chi connectivity index (χ2v) is 5.75.